The van der Waals surface area contributed by atoms with Crippen LogP contribution in [0, 0.1) is 0 Å². The van der Waals surface area contributed by atoms with E-state index in [1.807, 2.05) is 0 Å². The van der Waals surface area contributed by atoms with Crippen LogP contribution in [0.25, 0.3) is 0 Å². The number of benzene rings is 1. The van der Waals surface area contributed by atoms with Crippen molar-refractivity contribution in [2.45, 2.75) is 13.0 Å². The Balaban J connectivity index is 1.72. The SMILES string of the molecule is C[C@@H](Oc1ccc(Cl)cc1Br)C(=O)NCCN1CCN(S(C)(=O)=O)CC1. The van der Waals surface area contributed by atoms with E-state index >= 15 is 0 Å². The molecule has 1 saturated heterocycles. The van der Waals surface area contributed by atoms with Gasteiger partial charge >= 0.3 is 0 Å². The molecule has 1 aliphatic rings. The summed E-state index contributed by atoms with van der Waals surface area (Å²) in [4.78, 5) is 14.3. The van der Waals surface area contributed by atoms with E-state index in [0.717, 1.165) is 0 Å². The maximum atomic E-state index is 12.2. The second-order valence-electron chi connectivity index (χ2n) is 6.13. The smallest absolute Gasteiger partial charge is 0.260 e. The first-order valence-corrected chi connectivity index (χ1v) is 11.3. The lowest BCUT2D eigenvalue weighted by molar-refractivity contribution is -0.127. The molecule has 1 N–H and O–H groups in total. The fourth-order valence-corrected chi connectivity index (χ4v) is 4.18. The van der Waals surface area contributed by atoms with Crippen molar-refractivity contribution in [2.24, 2.45) is 0 Å². The highest BCUT2D eigenvalue weighted by Crippen LogP contribution is 2.28. The second-order valence-corrected chi connectivity index (χ2v) is 9.40. The fraction of sp³-hybridized carbons (Fsp3) is 0.562. The topological polar surface area (TPSA) is 79.0 Å². The minimum Gasteiger partial charge on any atom is -0.480 e. The van der Waals surface area contributed by atoms with Crippen molar-refractivity contribution in [2.75, 3.05) is 45.5 Å². The molecule has 0 aromatic heterocycles. The van der Waals surface area contributed by atoms with E-state index in [9.17, 15) is 13.2 Å². The van der Waals surface area contributed by atoms with Crippen LogP contribution in [0.5, 0.6) is 5.75 Å². The van der Waals surface area contributed by atoms with Crippen LogP contribution in [0.1, 0.15) is 6.92 Å². The summed E-state index contributed by atoms with van der Waals surface area (Å²) in [5.41, 5.74) is 0. The molecule has 0 bridgehead atoms. The van der Waals surface area contributed by atoms with Gasteiger partial charge in [-0.05, 0) is 41.1 Å². The standard InChI is InChI=1S/C16H23BrClN3O4S/c1-12(25-15-4-3-13(18)11-14(15)17)16(22)19-5-6-20-7-9-21(10-8-20)26(2,23)24/h3-4,11-12H,5-10H2,1-2H3,(H,19,22)/t12-/m1/s1. The highest BCUT2D eigenvalue weighted by molar-refractivity contribution is 9.10. The van der Waals surface area contributed by atoms with Gasteiger partial charge in [0.25, 0.3) is 5.91 Å². The number of hydrogen-bond acceptors (Lipinski definition) is 5. The highest BCUT2D eigenvalue weighted by Gasteiger charge is 2.23. The molecule has 0 unspecified atom stereocenters. The van der Waals surface area contributed by atoms with E-state index in [1.165, 1.54) is 10.6 Å². The molecule has 0 spiro atoms. The maximum Gasteiger partial charge on any atom is 0.260 e. The van der Waals surface area contributed by atoms with Gasteiger partial charge in [0.15, 0.2) is 6.10 Å². The molecule has 1 atom stereocenters. The Hall–Kier alpha value is -0.870. The molecule has 146 valence electrons. The average Bonchev–Trinajstić information content (AvgIpc) is 2.57. The van der Waals surface area contributed by atoms with E-state index in [4.69, 9.17) is 16.3 Å². The van der Waals surface area contributed by atoms with Crippen LogP contribution in [-0.4, -0.2) is 75.2 Å². The Morgan fingerprint density at radius 1 is 1.35 bits per heavy atom. The number of ether oxygens (including phenoxy) is 1. The molecule has 0 saturated carbocycles. The molecule has 1 aliphatic heterocycles. The Morgan fingerprint density at radius 3 is 2.58 bits per heavy atom. The number of nitrogens with one attached hydrogen (secondary N) is 1. The van der Waals surface area contributed by atoms with Crippen LogP contribution < -0.4 is 10.1 Å². The van der Waals surface area contributed by atoms with Gasteiger partial charge in [-0.3, -0.25) is 9.69 Å². The van der Waals surface area contributed by atoms with E-state index < -0.39 is 16.1 Å². The summed E-state index contributed by atoms with van der Waals surface area (Å²) in [6, 6.07) is 5.11. The Kier molecular flexibility index (Phi) is 7.72. The molecule has 7 nitrogen and oxygen atoms in total. The van der Waals surface area contributed by atoms with Crippen molar-refractivity contribution in [1.29, 1.82) is 0 Å². The minimum absolute atomic E-state index is 0.207. The molecule has 0 aliphatic carbocycles. The average molecular weight is 469 g/mol. The van der Waals surface area contributed by atoms with E-state index in [1.54, 1.807) is 25.1 Å². The molecule has 1 fully saturated rings. The molecule has 26 heavy (non-hydrogen) atoms. The second kappa shape index (κ2) is 9.36. The van der Waals surface area contributed by atoms with Gasteiger partial charge in [-0.25, -0.2) is 8.42 Å². The van der Waals surface area contributed by atoms with Crippen LogP contribution in [0.4, 0.5) is 0 Å². The normalized spacial score (nSPS) is 17.7. The van der Waals surface area contributed by atoms with Crippen LogP contribution in [0.2, 0.25) is 5.02 Å². The van der Waals surface area contributed by atoms with Crippen molar-refractivity contribution in [3.05, 3.63) is 27.7 Å². The highest BCUT2D eigenvalue weighted by atomic mass is 79.9. The number of sulfonamides is 1. The molecule has 1 heterocycles. The summed E-state index contributed by atoms with van der Waals surface area (Å²) in [5, 5.41) is 3.42. The minimum atomic E-state index is -3.12. The number of carbonyl (C=O) groups excluding carboxylic acids is 1. The first kappa shape index (κ1) is 21.4. The number of nitrogens with zero attached hydrogens (tertiary/aromatic N) is 2. The van der Waals surface area contributed by atoms with Crippen LogP contribution in [0.3, 0.4) is 0 Å². The summed E-state index contributed by atoms with van der Waals surface area (Å²) in [7, 11) is -3.12. The summed E-state index contributed by atoms with van der Waals surface area (Å²) in [5.74, 6) is 0.343. The lowest BCUT2D eigenvalue weighted by Crippen LogP contribution is -2.50. The summed E-state index contributed by atoms with van der Waals surface area (Å²) >= 11 is 9.24. The van der Waals surface area contributed by atoms with Gasteiger partial charge in [0.05, 0.1) is 10.7 Å². The van der Waals surface area contributed by atoms with Gasteiger partial charge in [0.1, 0.15) is 5.75 Å². The van der Waals surface area contributed by atoms with Gasteiger partial charge in [-0.2, -0.15) is 4.31 Å². The predicted octanol–water partition coefficient (Wildman–Crippen LogP) is 1.56. The predicted molar refractivity (Wildman–Crippen MR) is 105 cm³/mol. The van der Waals surface area contributed by atoms with Crippen molar-refractivity contribution >= 4 is 43.5 Å². The van der Waals surface area contributed by atoms with Gasteiger partial charge in [0.2, 0.25) is 10.0 Å². The van der Waals surface area contributed by atoms with Crippen LogP contribution >= 0.6 is 27.5 Å². The zero-order chi connectivity index (χ0) is 19.3. The zero-order valence-corrected chi connectivity index (χ0v) is 17.9. The molecular weight excluding hydrogens is 446 g/mol. The van der Waals surface area contributed by atoms with Gasteiger partial charge in [-0.1, -0.05) is 11.6 Å². The van der Waals surface area contributed by atoms with Crippen molar-refractivity contribution in [3.8, 4) is 5.75 Å². The van der Waals surface area contributed by atoms with Crippen molar-refractivity contribution in [3.63, 3.8) is 0 Å². The fourth-order valence-electron chi connectivity index (χ4n) is 2.58. The molecule has 2 rings (SSSR count). The van der Waals surface area contributed by atoms with Gasteiger partial charge < -0.3 is 10.1 Å². The third kappa shape index (κ3) is 6.38. The first-order chi connectivity index (χ1) is 12.2. The molecule has 1 aromatic rings. The van der Waals surface area contributed by atoms with E-state index in [0.29, 0.717) is 54.5 Å². The van der Waals surface area contributed by atoms with Crippen LogP contribution in [0.15, 0.2) is 22.7 Å². The zero-order valence-electron chi connectivity index (χ0n) is 14.7. The lowest BCUT2D eigenvalue weighted by Gasteiger charge is -2.33. The third-order valence-electron chi connectivity index (χ3n) is 4.09. The number of halogens is 2. The van der Waals surface area contributed by atoms with Gasteiger partial charge in [0, 0.05) is 44.3 Å². The lowest BCUT2D eigenvalue weighted by atomic mass is 10.3. The number of hydrogen-bond donors (Lipinski definition) is 1. The summed E-state index contributed by atoms with van der Waals surface area (Å²) < 4.78 is 30.8. The summed E-state index contributed by atoms with van der Waals surface area (Å²) in [6.45, 7) is 5.11. The van der Waals surface area contributed by atoms with Crippen molar-refractivity contribution in [1.82, 2.24) is 14.5 Å². The van der Waals surface area contributed by atoms with Gasteiger partial charge in [-0.15, -0.1) is 0 Å². The van der Waals surface area contributed by atoms with E-state index in [2.05, 4.69) is 26.1 Å². The Labute approximate surface area is 167 Å². The number of piperazine rings is 1. The van der Waals surface area contributed by atoms with E-state index in [-0.39, 0.29) is 5.91 Å². The summed E-state index contributed by atoms with van der Waals surface area (Å²) in [6.07, 6.45) is 0.582. The van der Waals surface area contributed by atoms with Crippen LogP contribution in [-0.2, 0) is 14.8 Å². The number of carbonyl (C=O) groups is 1. The Morgan fingerprint density at radius 2 is 2.00 bits per heavy atom. The molecule has 0 radical (unpaired) electrons. The number of amides is 1. The molecule has 1 aromatic carbocycles. The molecule has 10 heteroatoms. The largest absolute Gasteiger partial charge is 0.480 e. The molecule has 1 amide bonds. The molecular formula is C16H23BrClN3O4S. The quantitative estimate of drug-likeness (QED) is 0.657. The monoisotopic (exact) mass is 467 g/mol. The third-order valence-corrected chi connectivity index (χ3v) is 6.25. The first-order valence-electron chi connectivity index (χ1n) is 8.23. The van der Waals surface area contributed by atoms with Crippen molar-refractivity contribution < 1.29 is 17.9 Å². The Bertz CT molecular complexity index is 739. The maximum absolute atomic E-state index is 12.2. The number of rotatable bonds is 7.